The van der Waals surface area contributed by atoms with Gasteiger partial charge in [-0.05, 0) is 30.0 Å². The molecule has 1 heterocycles. The number of benzene rings is 1. The van der Waals surface area contributed by atoms with Crippen LogP contribution in [0.15, 0.2) is 35.1 Å². The van der Waals surface area contributed by atoms with E-state index in [1.807, 2.05) is 43.3 Å². The largest absolute Gasteiger partial charge is 0.315 e. The van der Waals surface area contributed by atoms with Gasteiger partial charge < -0.3 is 4.57 Å². The fraction of sp³-hybridized carbons (Fsp3) is 0.294. The standard InChI is InChI=1S/C17H18N2O/c1-11(2)13-5-7-14(8-6-13)15-9-12(3)19(4)17(20)16(15)10-18/h5-9,11H,1-4H3. The Kier molecular flexibility index (Phi) is 3.76. The van der Waals surface area contributed by atoms with E-state index in [0.29, 0.717) is 11.5 Å². The van der Waals surface area contributed by atoms with Crippen LogP contribution in [0.4, 0.5) is 0 Å². The Hall–Kier alpha value is -2.34. The number of aryl methyl sites for hydroxylation is 1. The quantitative estimate of drug-likeness (QED) is 0.836. The normalized spacial score (nSPS) is 10.6. The molecule has 0 aliphatic carbocycles. The lowest BCUT2D eigenvalue weighted by Crippen LogP contribution is -2.22. The third kappa shape index (κ3) is 2.37. The zero-order valence-corrected chi connectivity index (χ0v) is 12.3. The molecule has 1 aromatic carbocycles. The van der Waals surface area contributed by atoms with Crippen molar-refractivity contribution in [3.63, 3.8) is 0 Å². The summed E-state index contributed by atoms with van der Waals surface area (Å²) < 4.78 is 1.50. The predicted molar refractivity (Wildman–Crippen MR) is 80.7 cm³/mol. The molecule has 0 fully saturated rings. The molecule has 0 amide bonds. The van der Waals surface area contributed by atoms with E-state index in [-0.39, 0.29) is 11.1 Å². The maximum absolute atomic E-state index is 12.1. The van der Waals surface area contributed by atoms with Crippen LogP contribution in [0, 0.1) is 18.3 Å². The van der Waals surface area contributed by atoms with E-state index in [1.54, 1.807) is 7.05 Å². The van der Waals surface area contributed by atoms with Crippen LogP contribution in [-0.2, 0) is 7.05 Å². The molecule has 0 radical (unpaired) electrons. The van der Waals surface area contributed by atoms with Gasteiger partial charge in [0.05, 0.1) is 0 Å². The van der Waals surface area contributed by atoms with Gasteiger partial charge in [0.15, 0.2) is 0 Å². The van der Waals surface area contributed by atoms with Crippen molar-refractivity contribution in [3.05, 3.63) is 57.5 Å². The van der Waals surface area contributed by atoms with Crippen LogP contribution in [0.5, 0.6) is 0 Å². The van der Waals surface area contributed by atoms with Gasteiger partial charge in [-0.2, -0.15) is 5.26 Å². The molecule has 1 aromatic heterocycles. The van der Waals surface area contributed by atoms with Gasteiger partial charge in [-0.25, -0.2) is 0 Å². The second kappa shape index (κ2) is 5.34. The van der Waals surface area contributed by atoms with E-state index < -0.39 is 0 Å². The molecular weight excluding hydrogens is 248 g/mol. The first-order valence-corrected chi connectivity index (χ1v) is 6.66. The molecule has 0 bridgehead atoms. The fourth-order valence-corrected chi connectivity index (χ4v) is 2.20. The molecule has 20 heavy (non-hydrogen) atoms. The molecule has 0 saturated carbocycles. The Labute approximate surface area is 119 Å². The van der Waals surface area contributed by atoms with Crippen molar-refractivity contribution >= 4 is 0 Å². The molecule has 3 heteroatoms. The molecule has 0 atom stereocenters. The minimum absolute atomic E-state index is 0.204. The smallest absolute Gasteiger partial charge is 0.269 e. The van der Waals surface area contributed by atoms with Gasteiger partial charge in [0.2, 0.25) is 0 Å². The lowest BCUT2D eigenvalue weighted by molar-refractivity contribution is 0.815. The average molecular weight is 266 g/mol. The highest BCUT2D eigenvalue weighted by atomic mass is 16.1. The molecular formula is C17H18N2O. The number of rotatable bonds is 2. The summed E-state index contributed by atoms with van der Waals surface area (Å²) in [7, 11) is 1.68. The molecule has 0 saturated heterocycles. The molecule has 102 valence electrons. The predicted octanol–water partition coefficient (Wildman–Crippen LogP) is 3.36. The van der Waals surface area contributed by atoms with Gasteiger partial charge >= 0.3 is 0 Å². The van der Waals surface area contributed by atoms with E-state index in [2.05, 4.69) is 13.8 Å². The van der Waals surface area contributed by atoms with E-state index in [0.717, 1.165) is 11.3 Å². The van der Waals surface area contributed by atoms with Gasteiger partial charge in [0.25, 0.3) is 5.56 Å². The Morgan fingerprint density at radius 1 is 1.20 bits per heavy atom. The Morgan fingerprint density at radius 2 is 1.80 bits per heavy atom. The second-order valence-electron chi connectivity index (χ2n) is 5.33. The number of nitriles is 1. The summed E-state index contributed by atoms with van der Waals surface area (Å²) in [4.78, 5) is 12.1. The second-order valence-corrected chi connectivity index (χ2v) is 5.33. The van der Waals surface area contributed by atoms with E-state index >= 15 is 0 Å². The highest BCUT2D eigenvalue weighted by molar-refractivity contribution is 5.70. The fourth-order valence-electron chi connectivity index (χ4n) is 2.20. The van der Waals surface area contributed by atoms with Gasteiger partial charge in [0, 0.05) is 18.3 Å². The first-order valence-electron chi connectivity index (χ1n) is 6.66. The first-order chi connectivity index (χ1) is 9.45. The number of hydrogen-bond acceptors (Lipinski definition) is 2. The van der Waals surface area contributed by atoms with Crippen LogP contribution in [0.3, 0.4) is 0 Å². The van der Waals surface area contributed by atoms with Gasteiger partial charge in [0.1, 0.15) is 11.6 Å². The zero-order valence-electron chi connectivity index (χ0n) is 12.3. The van der Waals surface area contributed by atoms with Crippen LogP contribution in [0.25, 0.3) is 11.1 Å². The van der Waals surface area contributed by atoms with Crippen molar-refractivity contribution in [1.82, 2.24) is 4.57 Å². The average Bonchev–Trinajstić information content (AvgIpc) is 2.44. The number of aromatic nitrogens is 1. The minimum Gasteiger partial charge on any atom is -0.315 e. The van der Waals surface area contributed by atoms with Crippen molar-refractivity contribution in [2.45, 2.75) is 26.7 Å². The maximum atomic E-state index is 12.1. The number of nitrogens with zero attached hydrogens (tertiary/aromatic N) is 2. The third-order valence-corrected chi connectivity index (χ3v) is 3.67. The third-order valence-electron chi connectivity index (χ3n) is 3.67. The summed E-state index contributed by atoms with van der Waals surface area (Å²) in [6, 6.07) is 12.0. The molecule has 0 aliphatic heterocycles. The van der Waals surface area contributed by atoms with Crippen LogP contribution in [0.1, 0.15) is 36.6 Å². The van der Waals surface area contributed by atoms with Crippen LogP contribution in [0.2, 0.25) is 0 Å². The molecule has 3 nitrogen and oxygen atoms in total. The van der Waals surface area contributed by atoms with Gasteiger partial charge in [-0.3, -0.25) is 4.79 Å². The van der Waals surface area contributed by atoms with Crippen molar-refractivity contribution in [1.29, 1.82) is 5.26 Å². The summed E-state index contributed by atoms with van der Waals surface area (Å²) in [5.41, 5.74) is 3.67. The monoisotopic (exact) mass is 266 g/mol. The maximum Gasteiger partial charge on any atom is 0.269 e. The molecule has 0 N–H and O–H groups in total. The van der Waals surface area contributed by atoms with Crippen molar-refractivity contribution in [3.8, 4) is 17.2 Å². The van der Waals surface area contributed by atoms with E-state index in [9.17, 15) is 10.1 Å². The summed E-state index contributed by atoms with van der Waals surface area (Å²) in [5, 5.41) is 9.26. The summed E-state index contributed by atoms with van der Waals surface area (Å²) >= 11 is 0. The van der Waals surface area contributed by atoms with Gasteiger partial charge in [-0.1, -0.05) is 38.1 Å². The Bertz CT molecular complexity index is 731. The Balaban J connectivity index is 2.64. The first kappa shape index (κ1) is 14.1. The highest BCUT2D eigenvalue weighted by Crippen LogP contribution is 2.24. The summed E-state index contributed by atoms with van der Waals surface area (Å²) in [6.07, 6.45) is 0. The lowest BCUT2D eigenvalue weighted by Gasteiger charge is -2.11. The van der Waals surface area contributed by atoms with Crippen molar-refractivity contribution in [2.24, 2.45) is 7.05 Å². The molecule has 0 spiro atoms. The summed E-state index contributed by atoms with van der Waals surface area (Å²) in [6.45, 7) is 6.14. The van der Waals surface area contributed by atoms with Crippen molar-refractivity contribution < 1.29 is 0 Å². The van der Waals surface area contributed by atoms with Crippen LogP contribution < -0.4 is 5.56 Å². The van der Waals surface area contributed by atoms with Crippen molar-refractivity contribution in [2.75, 3.05) is 0 Å². The SMILES string of the molecule is Cc1cc(-c2ccc(C(C)C)cc2)c(C#N)c(=O)n1C. The zero-order chi connectivity index (χ0) is 14.9. The molecule has 0 unspecified atom stereocenters. The number of hydrogen-bond donors (Lipinski definition) is 0. The van der Waals surface area contributed by atoms with Gasteiger partial charge in [-0.15, -0.1) is 0 Å². The number of pyridine rings is 1. The summed E-state index contributed by atoms with van der Waals surface area (Å²) in [5.74, 6) is 0.463. The molecule has 2 rings (SSSR count). The highest BCUT2D eigenvalue weighted by Gasteiger charge is 2.12. The Morgan fingerprint density at radius 3 is 2.30 bits per heavy atom. The minimum atomic E-state index is -0.240. The molecule has 2 aromatic rings. The lowest BCUT2D eigenvalue weighted by atomic mass is 9.96. The van der Waals surface area contributed by atoms with E-state index in [1.165, 1.54) is 10.1 Å². The van der Waals surface area contributed by atoms with Crippen LogP contribution >= 0.6 is 0 Å². The molecule has 0 aliphatic rings. The topological polar surface area (TPSA) is 45.8 Å². The van der Waals surface area contributed by atoms with Crippen LogP contribution in [-0.4, -0.2) is 4.57 Å². The van der Waals surface area contributed by atoms with E-state index in [4.69, 9.17) is 0 Å².